The first-order valence-electron chi connectivity index (χ1n) is 8.02. The number of halogens is 2. The van der Waals surface area contributed by atoms with Gasteiger partial charge < -0.3 is 20.8 Å². The van der Waals surface area contributed by atoms with E-state index in [4.69, 9.17) is 4.74 Å². The largest absolute Gasteiger partial charge is 0.496 e. The van der Waals surface area contributed by atoms with Crippen LogP contribution in [0.3, 0.4) is 0 Å². The number of hydrogen-bond donors (Lipinski definition) is 2. The Balaban J connectivity index is 0.00000192. The van der Waals surface area contributed by atoms with E-state index >= 15 is 0 Å². The molecule has 0 saturated carbocycles. The van der Waals surface area contributed by atoms with Crippen LogP contribution in [0.2, 0.25) is 0 Å². The highest BCUT2D eigenvalue weighted by atomic mass is 35.5. The van der Waals surface area contributed by atoms with Crippen LogP contribution in [-0.2, 0) is 6.54 Å². The summed E-state index contributed by atoms with van der Waals surface area (Å²) in [5, 5.41) is 7.38. The Hall–Kier alpha value is -1.30. The van der Waals surface area contributed by atoms with Crippen molar-refractivity contribution in [1.82, 2.24) is 10.6 Å². The van der Waals surface area contributed by atoms with Gasteiger partial charge >= 0.3 is 0 Å². The number of ether oxygens (including phenoxy) is 1. The number of methoxy groups -OCH3 is 1. The average molecular weight is 387 g/mol. The third-order valence-electron chi connectivity index (χ3n) is 4.36. The summed E-state index contributed by atoms with van der Waals surface area (Å²) in [7, 11) is 1.73. The molecule has 1 aliphatic heterocycles. The molecule has 140 valence electrons. The summed E-state index contributed by atoms with van der Waals surface area (Å²) in [5.41, 5.74) is 2.57. The third kappa shape index (κ3) is 6.17. The zero-order valence-electron chi connectivity index (χ0n) is 14.4. The van der Waals surface area contributed by atoms with E-state index in [2.05, 4.69) is 53.1 Å². The van der Waals surface area contributed by atoms with E-state index in [0.29, 0.717) is 12.1 Å². The Morgan fingerprint density at radius 1 is 1.04 bits per heavy atom. The minimum absolute atomic E-state index is 0. The SMILES string of the molecule is COc1ccccc1CN[C@@H]1CCCN[C@@H]1c1ccccc1.Cl.Cl.O. The van der Waals surface area contributed by atoms with E-state index in [1.165, 1.54) is 24.0 Å². The predicted octanol–water partition coefficient (Wildman–Crippen LogP) is 3.30. The molecular formula is C19H28Cl2N2O2. The van der Waals surface area contributed by atoms with Crippen LogP contribution in [-0.4, -0.2) is 25.2 Å². The van der Waals surface area contributed by atoms with Gasteiger partial charge in [-0.2, -0.15) is 0 Å². The van der Waals surface area contributed by atoms with Gasteiger partial charge in [-0.15, -0.1) is 24.8 Å². The lowest BCUT2D eigenvalue weighted by Gasteiger charge is -2.34. The van der Waals surface area contributed by atoms with Gasteiger partial charge in [0.05, 0.1) is 7.11 Å². The van der Waals surface area contributed by atoms with E-state index in [-0.39, 0.29) is 30.3 Å². The Labute approximate surface area is 162 Å². The van der Waals surface area contributed by atoms with E-state index < -0.39 is 0 Å². The zero-order valence-corrected chi connectivity index (χ0v) is 16.0. The number of nitrogens with one attached hydrogen (secondary N) is 2. The Morgan fingerprint density at radius 2 is 1.72 bits per heavy atom. The zero-order chi connectivity index (χ0) is 15.2. The van der Waals surface area contributed by atoms with Gasteiger partial charge in [0.2, 0.25) is 0 Å². The summed E-state index contributed by atoms with van der Waals surface area (Å²) < 4.78 is 5.44. The van der Waals surface area contributed by atoms with Crippen LogP contribution in [0.15, 0.2) is 54.6 Å². The van der Waals surface area contributed by atoms with Crippen molar-refractivity contribution in [2.75, 3.05) is 13.7 Å². The molecule has 2 aromatic carbocycles. The van der Waals surface area contributed by atoms with Crippen molar-refractivity contribution < 1.29 is 10.2 Å². The van der Waals surface area contributed by atoms with Crippen LogP contribution in [0.4, 0.5) is 0 Å². The van der Waals surface area contributed by atoms with Crippen LogP contribution < -0.4 is 15.4 Å². The second kappa shape index (κ2) is 12.1. The molecule has 1 saturated heterocycles. The van der Waals surface area contributed by atoms with E-state index in [1.807, 2.05) is 12.1 Å². The topological polar surface area (TPSA) is 64.8 Å². The molecule has 0 aromatic heterocycles. The van der Waals surface area contributed by atoms with E-state index in [9.17, 15) is 0 Å². The number of benzene rings is 2. The lowest BCUT2D eigenvalue weighted by atomic mass is 9.92. The average Bonchev–Trinajstić information content (AvgIpc) is 2.61. The van der Waals surface area contributed by atoms with E-state index in [1.54, 1.807) is 7.11 Å². The highest BCUT2D eigenvalue weighted by Crippen LogP contribution is 2.25. The number of piperidine rings is 1. The van der Waals surface area contributed by atoms with Crippen molar-refractivity contribution in [3.63, 3.8) is 0 Å². The molecule has 2 atom stereocenters. The van der Waals surface area contributed by atoms with Gasteiger partial charge in [0.1, 0.15) is 5.75 Å². The Kier molecular flexibility index (Phi) is 11.5. The van der Waals surface area contributed by atoms with Crippen LogP contribution in [0.5, 0.6) is 5.75 Å². The molecular weight excluding hydrogens is 359 g/mol. The smallest absolute Gasteiger partial charge is 0.123 e. The van der Waals surface area contributed by atoms with Crippen molar-refractivity contribution in [2.24, 2.45) is 0 Å². The molecule has 0 amide bonds. The summed E-state index contributed by atoms with van der Waals surface area (Å²) in [6.45, 7) is 1.92. The highest BCUT2D eigenvalue weighted by Gasteiger charge is 2.25. The molecule has 1 fully saturated rings. The molecule has 4 N–H and O–H groups in total. The van der Waals surface area contributed by atoms with Crippen molar-refractivity contribution in [3.8, 4) is 5.75 Å². The maximum absolute atomic E-state index is 5.44. The molecule has 0 bridgehead atoms. The van der Waals surface area contributed by atoms with Gasteiger partial charge in [-0.25, -0.2) is 0 Å². The second-order valence-electron chi connectivity index (χ2n) is 5.78. The molecule has 0 radical (unpaired) electrons. The predicted molar refractivity (Wildman–Crippen MR) is 108 cm³/mol. The Morgan fingerprint density at radius 3 is 2.44 bits per heavy atom. The van der Waals surface area contributed by atoms with Gasteiger partial charge in [-0.3, -0.25) is 0 Å². The number of rotatable bonds is 5. The van der Waals surface area contributed by atoms with Gasteiger partial charge in [-0.05, 0) is 31.0 Å². The van der Waals surface area contributed by atoms with Gasteiger partial charge in [-0.1, -0.05) is 48.5 Å². The molecule has 4 nitrogen and oxygen atoms in total. The maximum atomic E-state index is 5.44. The lowest BCUT2D eigenvalue weighted by molar-refractivity contribution is 0.303. The first-order valence-corrected chi connectivity index (χ1v) is 8.02. The van der Waals surface area contributed by atoms with E-state index in [0.717, 1.165) is 18.8 Å². The fourth-order valence-corrected chi connectivity index (χ4v) is 3.21. The monoisotopic (exact) mass is 386 g/mol. The molecule has 1 aliphatic rings. The molecule has 6 heteroatoms. The summed E-state index contributed by atoms with van der Waals surface area (Å²) >= 11 is 0. The first-order chi connectivity index (χ1) is 10.9. The highest BCUT2D eigenvalue weighted by molar-refractivity contribution is 5.85. The quantitative estimate of drug-likeness (QED) is 0.828. The van der Waals surface area contributed by atoms with Crippen LogP contribution in [0.25, 0.3) is 0 Å². The van der Waals surface area contributed by atoms with Gasteiger partial charge in [0, 0.05) is 24.2 Å². The van der Waals surface area contributed by atoms with Crippen LogP contribution >= 0.6 is 24.8 Å². The Bertz CT molecular complexity index is 599. The first kappa shape index (κ1) is 23.7. The fourth-order valence-electron chi connectivity index (χ4n) is 3.21. The van der Waals surface area contributed by atoms with Crippen molar-refractivity contribution in [1.29, 1.82) is 0 Å². The summed E-state index contributed by atoms with van der Waals surface area (Å²) in [6.07, 6.45) is 2.41. The minimum atomic E-state index is 0. The van der Waals surface area contributed by atoms with Crippen molar-refractivity contribution >= 4 is 24.8 Å². The molecule has 25 heavy (non-hydrogen) atoms. The lowest BCUT2D eigenvalue weighted by Crippen LogP contribution is -2.45. The maximum Gasteiger partial charge on any atom is 0.123 e. The molecule has 0 spiro atoms. The van der Waals surface area contributed by atoms with Crippen LogP contribution in [0, 0.1) is 0 Å². The number of hydrogen-bond acceptors (Lipinski definition) is 3. The second-order valence-corrected chi connectivity index (χ2v) is 5.78. The number of para-hydroxylation sites is 1. The molecule has 0 aliphatic carbocycles. The molecule has 1 heterocycles. The van der Waals surface area contributed by atoms with Crippen LogP contribution in [0.1, 0.15) is 30.0 Å². The standard InChI is InChI=1S/C19H24N2O.2ClH.H2O/c1-22-18-12-6-5-10-16(18)14-21-17-11-7-13-20-19(17)15-8-3-2-4-9-15;;;/h2-6,8-10,12,17,19-21H,7,11,13-14H2,1H3;2*1H;1H2/t17-,19-;;;/m1.../s1. The van der Waals surface area contributed by atoms with Crippen molar-refractivity contribution in [2.45, 2.75) is 31.5 Å². The summed E-state index contributed by atoms with van der Waals surface area (Å²) in [5.74, 6) is 0.954. The summed E-state index contributed by atoms with van der Waals surface area (Å²) in [4.78, 5) is 0. The fraction of sp³-hybridized carbons (Fsp3) is 0.368. The molecule has 0 unspecified atom stereocenters. The molecule has 2 aromatic rings. The normalized spacial score (nSPS) is 18.9. The van der Waals surface area contributed by atoms with Gasteiger partial charge in [0.25, 0.3) is 0 Å². The molecule has 3 rings (SSSR count). The third-order valence-corrected chi connectivity index (χ3v) is 4.36. The van der Waals surface area contributed by atoms with Gasteiger partial charge in [0.15, 0.2) is 0 Å². The summed E-state index contributed by atoms with van der Waals surface area (Å²) in [6, 6.07) is 19.8. The minimum Gasteiger partial charge on any atom is -0.496 e. The van der Waals surface area contributed by atoms with Crippen molar-refractivity contribution in [3.05, 3.63) is 65.7 Å².